The normalized spacial score (nSPS) is 12.4. The van der Waals surface area contributed by atoms with Crippen LogP contribution in [0.15, 0.2) is 24.3 Å². The van der Waals surface area contributed by atoms with E-state index in [1.807, 2.05) is 0 Å². The molecule has 0 heterocycles. The van der Waals surface area contributed by atoms with Gasteiger partial charge in [0, 0.05) is 5.69 Å². The Morgan fingerprint density at radius 1 is 1.06 bits per heavy atom. The van der Waals surface area contributed by atoms with Crippen LogP contribution in [0.25, 0.3) is 0 Å². The smallest absolute Gasteiger partial charge is 0.318 e. The molecule has 94 valence electrons. The summed E-state index contributed by atoms with van der Waals surface area (Å²) in [7, 11) is 0. The second kappa shape index (κ2) is 4.27. The fourth-order valence-corrected chi connectivity index (χ4v) is 0.975. The van der Waals surface area contributed by atoms with Gasteiger partial charge in [-0.15, -0.1) is 0 Å². The quantitative estimate of drug-likeness (QED) is 0.769. The number of carbonyl (C=O) groups excluding carboxylic acids is 1. The maximum Gasteiger partial charge on any atom is 0.471 e. The summed E-state index contributed by atoms with van der Waals surface area (Å²) < 4.78 is 72.1. The predicted octanol–water partition coefficient (Wildman–Crippen LogP) is 3.21. The zero-order valence-corrected chi connectivity index (χ0v) is 7.99. The van der Waals surface area contributed by atoms with Crippen molar-refractivity contribution in [3.63, 3.8) is 0 Å². The second-order valence-electron chi connectivity index (χ2n) is 3.03. The summed E-state index contributed by atoms with van der Waals surface area (Å²) in [6.45, 7) is 0. The number of carbonyl (C=O) groups is 1. The van der Waals surface area contributed by atoms with Crippen molar-refractivity contribution in [2.75, 3.05) is 5.32 Å². The van der Waals surface area contributed by atoms with E-state index in [4.69, 9.17) is 0 Å². The molecule has 17 heavy (non-hydrogen) atoms. The number of rotatable bonds is 1. The highest BCUT2D eigenvalue weighted by Gasteiger charge is 2.39. The minimum Gasteiger partial charge on any atom is -0.318 e. The van der Waals surface area contributed by atoms with Crippen LogP contribution in [0.3, 0.4) is 0 Å². The molecule has 0 aliphatic rings. The number of anilines is 1. The average Bonchev–Trinajstić information content (AvgIpc) is 2.15. The second-order valence-corrected chi connectivity index (χ2v) is 3.03. The van der Waals surface area contributed by atoms with E-state index in [9.17, 15) is 31.1 Å². The molecule has 0 bridgehead atoms. The molecule has 1 aromatic rings. The van der Waals surface area contributed by atoms with Crippen LogP contribution < -0.4 is 5.32 Å². The van der Waals surface area contributed by atoms with E-state index in [0.29, 0.717) is 12.1 Å². The number of hydrogen-bond acceptors (Lipinski definition) is 1. The Hall–Kier alpha value is -1.73. The van der Waals surface area contributed by atoms with Gasteiger partial charge in [0.25, 0.3) is 0 Å². The molecule has 1 N–H and O–H groups in total. The van der Waals surface area contributed by atoms with Gasteiger partial charge in [0.05, 0.1) is 5.56 Å². The van der Waals surface area contributed by atoms with Gasteiger partial charge >= 0.3 is 18.3 Å². The maximum atomic E-state index is 12.2. The average molecular weight is 257 g/mol. The van der Waals surface area contributed by atoms with E-state index < -0.39 is 29.5 Å². The first-order chi connectivity index (χ1) is 7.60. The van der Waals surface area contributed by atoms with Gasteiger partial charge in [0.2, 0.25) is 0 Å². The highest BCUT2D eigenvalue weighted by atomic mass is 19.4. The van der Waals surface area contributed by atoms with Crippen LogP contribution in [0.1, 0.15) is 5.56 Å². The fraction of sp³-hybridized carbons (Fsp3) is 0.222. The SMILES string of the molecule is O=C(Nc1cccc(C(F)(F)F)c1)C(F)(F)F. The Bertz CT molecular complexity index is 422. The van der Waals surface area contributed by atoms with Crippen molar-refractivity contribution in [1.82, 2.24) is 0 Å². The monoisotopic (exact) mass is 257 g/mol. The predicted molar refractivity (Wildman–Crippen MR) is 46.1 cm³/mol. The standard InChI is InChI=1S/C9H5F6NO/c10-8(11,12)5-2-1-3-6(4-5)16-7(17)9(13,14)15/h1-4H,(H,16,17). The van der Waals surface area contributed by atoms with Crippen LogP contribution in [0.2, 0.25) is 0 Å². The number of alkyl halides is 6. The Morgan fingerprint density at radius 3 is 2.12 bits per heavy atom. The molecule has 0 radical (unpaired) electrons. The molecule has 0 aromatic heterocycles. The molecule has 0 saturated heterocycles. The van der Waals surface area contributed by atoms with Crippen LogP contribution >= 0.6 is 0 Å². The van der Waals surface area contributed by atoms with E-state index in [1.165, 1.54) is 5.32 Å². The molecule has 1 rings (SSSR count). The molecule has 0 spiro atoms. The van der Waals surface area contributed by atoms with Crippen molar-refractivity contribution in [3.05, 3.63) is 29.8 Å². The van der Waals surface area contributed by atoms with E-state index >= 15 is 0 Å². The highest BCUT2D eigenvalue weighted by molar-refractivity contribution is 5.94. The molecule has 1 amide bonds. The van der Waals surface area contributed by atoms with Crippen molar-refractivity contribution in [2.24, 2.45) is 0 Å². The number of halogens is 6. The minimum atomic E-state index is -5.14. The third-order valence-electron chi connectivity index (χ3n) is 1.71. The van der Waals surface area contributed by atoms with E-state index in [-0.39, 0.29) is 0 Å². The van der Waals surface area contributed by atoms with Crippen LogP contribution in [0, 0.1) is 0 Å². The molecule has 8 heteroatoms. The van der Waals surface area contributed by atoms with Gasteiger partial charge in [0.1, 0.15) is 0 Å². The van der Waals surface area contributed by atoms with Crippen LogP contribution in [0.5, 0.6) is 0 Å². The van der Waals surface area contributed by atoms with Crippen molar-refractivity contribution < 1.29 is 31.1 Å². The summed E-state index contributed by atoms with van der Waals surface area (Å²) in [5.74, 6) is -2.32. The molecular weight excluding hydrogens is 252 g/mol. The summed E-state index contributed by atoms with van der Waals surface area (Å²) in [5, 5.41) is 1.33. The van der Waals surface area contributed by atoms with Gasteiger partial charge in [-0.05, 0) is 18.2 Å². The zero-order chi connectivity index (χ0) is 13.3. The first-order valence-corrected chi connectivity index (χ1v) is 4.16. The molecule has 0 aliphatic carbocycles. The van der Waals surface area contributed by atoms with Crippen LogP contribution in [-0.2, 0) is 11.0 Å². The van der Waals surface area contributed by atoms with E-state index in [1.54, 1.807) is 0 Å². The van der Waals surface area contributed by atoms with Gasteiger partial charge in [-0.2, -0.15) is 26.3 Å². The van der Waals surface area contributed by atoms with Crippen LogP contribution in [-0.4, -0.2) is 12.1 Å². The van der Waals surface area contributed by atoms with Crippen molar-refractivity contribution in [2.45, 2.75) is 12.4 Å². The van der Waals surface area contributed by atoms with Crippen LogP contribution in [0.4, 0.5) is 32.0 Å². The number of hydrogen-bond donors (Lipinski definition) is 1. The van der Waals surface area contributed by atoms with Gasteiger partial charge in [-0.25, -0.2) is 0 Å². The lowest BCUT2D eigenvalue weighted by molar-refractivity contribution is -0.167. The number of amides is 1. The van der Waals surface area contributed by atoms with E-state index in [0.717, 1.165) is 12.1 Å². The molecule has 1 aromatic carbocycles. The topological polar surface area (TPSA) is 29.1 Å². The number of benzene rings is 1. The molecule has 2 nitrogen and oxygen atoms in total. The third kappa shape index (κ3) is 3.65. The van der Waals surface area contributed by atoms with Gasteiger partial charge in [-0.1, -0.05) is 6.07 Å². The lowest BCUT2D eigenvalue weighted by Crippen LogP contribution is -2.30. The Kier molecular flexibility index (Phi) is 3.35. The van der Waals surface area contributed by atoms with Gasteiger partial charge in [0.15, 0.2) is 0 Å². The minimum absolute atomic E-state index is 0.420. The summed E-state index contributed by atoms with van der Waals surface area (Å²) in [5.41, 5.74) is -1.71. The van der Waals surface area contributed by atoms with Gasteiger partial charge in [-0.3, -0.25) is 4.79 Å². The Labute approximate surface area is 91.2 Å². The van der Waals surface area contributed by atoms with Gasteiger partial charge < -0.3 is 5.32 Å². The molecule has 0 atom stereocenters. The summed E-state index contributed by atoms with van der Waals surface area (Å²) in [6.07, 6.45) is -9.83. The first-order valence-electron chi connectivity index (χ1n) is 4.16. The van der Waals surface area contributed by atoms with Crippen molar-refractivity contribution >= 4 is 11.6 Å². The lowest BCUT2D eigenvalue weighted by Gasteiger charge is -2.10. The first kappa shape index (κ1) is 13.3. The highest BCUT2D eigenvalue weighted by Crippen LogP contribution is 2.31. The summed E-state index contributed by atoms with van der Waals surface area (Å²) >= 11 is 0. The largest absolute Gasteiger partial charge is 0.471 e. The lowest BCUT2D eigenvalue weighted by atomic mass is 10.2. The number of nitrogens with one attached hydrogen (secondary N) is 1. The van der Waals surface area contributed by atoms with E-state index in [2.05, 4.69) is 0 Å². The molecule has 0 unspecified atom stereocenters. The summed E-state index contributed by atoms with van der Waals surface area (Å²) in [4.78, 5) is 10.5. The van der Waals surface area contributed by atoms with Crippen molar-refractivity contribution in [1.29, 1.82) is 0 Å². The third-order valence-corrected chi connectivity index (χ3v) is 1.71. The van der Waals surface area contributed by atoms with Crippen molar-refractivity contribution in [3.8, 4) is 0 Å². The Morgan fingerprint density at radius 2 is 1.65 bits per heavy atom. The maximum absolute atomic E-state index is 12.2. The molecule has 0 fully saturated rings. The fourth-order valence-electron chi connectivity index (χ4n) is 0.975. The molecular formula is C9H5F6NO. The Balaban J connectivity index is 2.91. The summed E-state index contributed by atoms with van der Waals surface area (Å²) in [6, 6.07) is 2.93. The molecule has 0 aliphatic heterocycles. The molecule has 0 saturated carbocycles. The zero-order valence-electron chi connectivity index (χ0n) is 7.99.